The molecule has 1 aliphatic carbocycles. The van der Waals surface area contributed by atoms with Gasteiger partial charge in [-0.3, -0.25) is 0 Å². The fourth-order valence-electron chi connectivity index (χ4n) is 3.05. The summed E-state index contributed by atoms with van der Waals surface area (Å²) in [6.07, 6.45) is 6.16. The molecule has 18 heavy (non-hydrogen) atoms. The topological polar surface area (TPSA) is 34.2 Å². The highest BCUT2D eigenvalue weighted by atomic mass is 35.5. The largest absolute Gasteiger partial charge is 0.378 e. The first-order valence-corrected chi connectivity index (χ1v) is 6.81. The minimum Gasteiger partial charge on any atom is -0.378 e. The van der Waals surface area contributed by atoms with Crippen molar-refractivity contribution >= 4 is 17.4 Å². The van der Waals surface area contributed by atoms with E-state index in [4.69, 9.17) is 16.3 Å². The fraction of sp³-hybridized carbons (Fsp3) is 0.615. The van der Waals surface area contributed by atoms with Gasteiger partial charge in [0.15, 0.2) is 11.6 Å². The van der Waals surface area contributed by atoms with Crippen molar-refractivity contribution in [2.24, 2.45) is 5.92 Å². The molecule has 0 radical (unpaired) electrons. The number of pyridine rings is 1. The van der Waals surface area contributed by atoms with Gasteiger partial charge in [-0.25, -0.2) is 9.37 Å². The zero-order valence-corrected chi connectivity index (χ0v) is 10.8. The Hall–Kier alpha value is -0.870. The molecule has 2 aliphatic rings. The van der Waals surface area contributed by atoms with Gasteiger partial charge in [-0.05, 0) is 31.7 Å². The third kappa shape index (κ3) is 2.31. The van der Waals surface area contributed by atoms with Crippen molar-refractivity contribution in [2.45, 2.75) is 37.8 Å². The van der Waals surface area contributed by atoms with Crippen molar-refractivity contribution in [3.8, 4) is 0 Å². The molecule has 2 fully saturated rings. The lowest BCUT2D eigenvalue weighted by Gasteiger charge is -2.33. The molecule has 2 heterocycles. The van der Waals surface area contributed by atoms with E-state index in [0.717, 1.165) is 32.3 Å². The molecule has 1 aromatic heterocycles. The van der Waals surface area contributed by atoms with Crippen LogP contribution in [0.15, 0.2) is 12.3 Å². The van der Waals surface area contributed by atoms with Gasteiger partial charge in [0.25, 0.3) is 0 Å². The van der Waals surface area contributed by atoms with Gasteiger partial charge in [0.05, 0.1) is 11.1 Å². The molecule has 98 valence electrons. The molecule has 0 bridgehead atoms. The van der Waals surface area contributed by atoms with Gasteiger partial charge < -0.3 is 10.1 Å². The van der Waals surface area contributed by atoms with E-state index < -0.39 is 0 Å². The van der Waals surface area contributed by atoms with Crippen LogP contribution in [0, 0.1) is 11.7 Å². The van der Waals surface area contributed by atoms with Gasteiger partial charge >= 0.3 is 0 Å². The maximum Gasteiger partial charge on any atom is 0.166 e. The van der Waals surface area contributed by atoms with Crippen LogP contribution in [0.25, 0.3) is 0 Å². The molecule has 3 nitrogen and oxygen atoms in total. The molecular weight excluding hydrogens is 255 g/mol. The monoisotopic (exact) mass is 270 g/mol. The lowest BCUT2D eigenvalue weighted by Crippen LogP contribution is -2.38. The van der Waals surface area contributed by atoms with Crippen LogP contribution in [0.4, 0.5) is 10.2 Å². The second-order valence-electron chi connectivity index (χ2n) is 5.03. The van der Waals surface area contributed by atoms with Crippen LogP contribution in [0.1, 0.15) is 25.7 Å². The van der Waals surface area contributed by atoms with Crippen molar-refractivity contribution in [3.05, 3.63) is 23.1 Å². The summed E-state index contributed by atoms with van der Waals surface area (Å²) in [5.41, 5.74) is 0. The average molecular weight is 271 g/mol. The minimum atomic E-state index is -0.386. The van der Waals surface area contributed by atoms with Crippen LogP contribution in [-0.2, 0) is 4.74 Å². The number of ether oxygens (including phenoxy) is 1. The molecule has 0 amide bonds. The minimum absolute atomic E-state index is 0.259. The van der Waals surface area contributed by atoms with Crippen LogP contribution in [0.2, 0.25) is 5.02 Å². The highest BCUT2D eigenvalue weighted by molar-refractivity contribution is 6.30. The van der Waals surface area contributed by atoms with Crippen LogP contribution in [-0.4, -0.2) is 23.7 Å². The van der Waals surface area contributed by atoms with Gasteiger partial charge in [0.2, 0.25) is 0 Å². The maximum atomic E-state index is 13.7. The molecule has 1 aliphatic heterocycles. The first kappa shape index (κ1) is 12.2. The predicted octanol–water partition coefficient (Wildman–Crippen LogP) is 3.24. The van der Waals surface area contributed by atoms with Crippen molar-refractivity contribution in [1.29, 1.82) is 0 Å². The third-order valence-electron chi connectivity index (χ3n) is 3.91. The summed E-state index contributed by atoms with van der Waals surface area (Å²) < 4.78 is 19.4. The standard InChI is InChI=1S/C13H16ClFN2O/c14-8-6-10(15)13(16-7-8)17-11-2-1-3-12-9(11)4-5-18-12/h6-7,9,11-12H,1-5H2,(H,16,17). The van der Waals surface area contributed by atoms with E-state index in [-0.39, 0.29) is 11.9 Å². The summed E-state index contributed by atoms with van der Waals surface area (Å²) in [5, 5.41) is 3.55. The number of hydrogen-bond acceptors (Lipinski definition) is 3. The first-order valence-electron chi connectivity index (χ1n) is 6.43. The number of aromatic nitrogens is 1. The van der Waals surface area contributed by atoms with E-state index in [9.17, 15) is 4.39 Å². The van der Waals surface area contributed by atoms with Gasteiger partial charge in [0, 0.05) is 24.8 Å². The Morgan fingerprint density at radius 1 is 1.39 bits per heavy atom. The third-order valence-corrected chi connectivity index (χ3v) is 4.12. The SMILES string of the molecule is Fc1cc(Cl)cnc1NC1CCCC2OCCC12. The number of halogens is 2. The lowest BCUT2D eigenvalue weighted by molar-refractivity contribution is 0.0619. The molecule has 5 heteroatoms. The highest BCUT2D eigenvalue weighted by Gasteiger charge is 2.37. The number of rotatable bonds is 2. The highest BCUT2D eigenvalue weighted by Crippen LogP contribution is 2.36. The second-order valence-corrected chi connectivity index (χ2v) is 5.46. The quantitative estimate of drug-likeness (QED) is 0.896. The van der Waals surface area contributed by atoms with Crippen LogP contribution < -0.4 is 5.32 Å². The molecule has 3 unspecified atom stereocenters. The molecule has 0 aromatic carbocycles. The Labute approximate surface area is 111 Å². The van der Waals surface area contributed by atoms with E-state index in [1.165, 1.54) is 12.3 Å². The summed E-state index contributed by atoms with van der Waals surface area (Å²) in [6, 6.07) is 1.55. The Kier molecular flexibility index (Phi) is 3.39. The smallest absolute Gasteiger partial charge is 0.166 e. The number of fused-ring (bicyclic) bond motifs is 1. The van der Waals surface area contributed by atoms with Crippen LogP contribution in [0.5, 0.6) is 0 Å². The molecule has 1 saturated carbocycles. The summed E-state index contributed by atoms with van der Waals surface area (Å²) in [6.45, 7) is 0.823. The Morgan fingerprint density at radius 3 is 3.11 bits per heavy atom. The molecule has 3 atom stereocenters. The molecular formula is C13H16ClFN2O. The van der Waals surface area contributed by atoms with E-state index in [1.807, 2.05) is 0 Å². The van der Waals surface area contributed by atoms with E-state index in [0.29, 0.717) is 22.9 Å². The van der Waals surface area contributed by atoms with Crippen LogP contribution in [0.3, 0.4) is 0 Å². The van der Waals surface area contributed by atoms with E-state index >= 15 is 0 Å². The van der Waals surface area contributed by atoms with Gasteiger partial charge in [0.1, 0.15) is 0 Å². The number of nitrogens with zero attached hydrogens (tertiary/aromatic N) is 1. The lowest BCUT2D eigenvalue weighted by atomic mass is 9.82. The zero-order chi connectivity index (χ0) is 12.5. The first-order chi connectivity index (χ1) is 8.74. The van der Waals surface area contributed by atoms with Gasteiger partial charge in [-0.1, -0.05) is 11.6 Å². The van der Waals surface area contributed by atoms with E-state index in [1.54, 1.807) is 0 Å². The normalized spacial score (nSPS) is 31.1. The van der Waals surface area contributed by atoms with Crippen molar-refractivity contribution in [1.82, 2.24) is 4.98 Å². The van der Waals surface area contributed by atoms with Crippen molar-refractivity contribution in [3.63, 3.8) is 0 Å². The van der Waals surface area contributed by atoms with Gasteiger partial charge in [-0.2, -0.15) is 0 Å². The summed E-state index contributed by atoms with van der Waals surface area (Å²) >= 11 is 5.70. The van der Waals surface area contributed by atoms with Crippen molar-refractivity contribution < 1.29 is 9.13 Å². The Bertz CT molecular complexity index is 443. The molecule has 1 N–H and O–H groups in total. The second kappa shape index (κ2) is 5.02. The fourth-order valence-corrected chi connectivity index (χ4v) is 3.20. The summed E-state index contributed by atoms with van der Waals surface area (Å²) in [5.74, 6) is 0.399. The predicted molar refractivity (Wildman–Crippen MR) is 68.3 cm³/mol. The maximum absolute atomic E-state index is 13.7. The summed E-state index contributed by atoms with van der Waals surface area (Å²) in [7, 11) is 0. The average Bonchev–Trinajstić information content (AvgIpc) is 2.82. The molecule has 1 aromatic rings. The Balaban J connectivity index is 1.75. The zero-order valence-electron chi connectivity index (χ0n) is 10.0. The molecule has 0 spiro atoms. The Morgan fingerprint density at radius 2 is 2.28 bits per heavy atom. The van der Waals surface area contributed by atoms with E-state index in [2.05, 4.69) is 10.3 Å². The molecule has 1 saturated heterocycles. The summed E-state index contributed by atoms with van der Waals surface area (Å²) in [4.78, 5) is 4.03. The molecule has 3 rings (SSSR count). The number of hydrogen-bond donors (Lipinski definition) is 1. The van der Waals surface area contributed by atoms with Crippen LogP contribution >= 0.6 is 11.6 Å². The number of nitrogens with one attached hydrogen (secondary N) is 1. The van der Waals surface area contributed by atoms with Crippen molar-refractivity contribution in [2.75, 3.05) is 11.9 Å². The number of anilines is 1. The van der Waals surface area contributed by atoms with Gasteiger partial charge in [-0.15, -0.1) is 0 Å².